The first-order chi connectivity index (χ1) is 8.22. The quantitative estimate of drug-likeness (QED) is 0.903. The highest BCUT2D eigenvalue weighted by molar-refractivity contribution is 6.33. The molecule has 1 heterocycles. The summed E-state index contributed by atoms with van der Waals surface area (Å²) in [5.41, 5.74) is 3.16. The van der Waals surface area contributed by atoms with Crippen molar-refractivity contribution in [3.8, 4) is 11.1 Å². The molecular weight excluding hydrogens is 234 g/mol. The van der Waals surface area contributed by atoms with Gasteiger partial charge in [-0.3, -0.25) is 4.68 Å². The second kappa shape index (κ2) is 5.34. The molecule has 0 saturated carbocycles. The Labute approximate surface area is 106 Å². The highest BCUT2D eigenvalue weighted by Gasteiger charge is 2.09. The summed E-state index contributed by atoms with van der Waals surface area (Å²) in [7, 11) is 1.94. The van der Waals surface area contributed by atoms with Gasteiger partial charge in [0.2, 0.25) is 0 Å². The molecule has 0 saturated heterocycles. The Hall–Kier alpha value is -1.32. The van der Waals surface area contributed by atoms with Crippen molar-refractivity contribution in [3.63, 3.8) is 0 Å². The molecule has 3 nitrogen and oxygen atoms in total. The maximum Gasteiger partial charge on any atom is 0.0672 e. The van der Waals surface area contributed by atoms with Crippen LogP contribution in [-0.4, -0.2) is 23.4 Å². The summed E-state index contributed by atoms with van der Waals surface area (Å²) in [5.74, 6) is 0. The fourth-order valence-corrected chi connectivity index (χ4v) is 2.04. The number of likely N-dealkylation sites (N-methyl/N-ethyl adjacent to an activating group) is 1. The van der Waals surface area contributed by atoms with Gasteiger partial charge in [-0.2, -0.15) is 5.10 Å². The van der Waals surface area contributed by atoms with Crippen LogP contribution in [0.15, 0.2) is 30.5 Å². The number of hydrogen-bond acceptors (Lipinski definition) is 2. The Bertz CT molecular complexity index is 505. The summed E-state index contributed by atoms with van der Waals surface area (Å²) in [6.45, 7) is 3.78. The SMILES string of the molecule is CNCCn1cc(-c2ccccc2Cl)c(C)n1. The average Bonchev–Trinajstić information content (AvgIpc) is 2.68. The van der Waals surface area contributed by atoms with Crippen molar-refractivity contribution in [1.82, 2.24) is 15.1 Å². The zero-order valence-corrected chi connectivity index (χ0v) is 10.8. The molecule has 0 aliphatic heterocycles. The van der Waals surface area contributed by atoms with Gasteiger partial charge < -0.3 is 5.32 Å². The van der Waals surface area contributed by atoms with Crippen LogP contribution in [0.25, 0.3) is 11.1 Å². The largest absolute Gasteiger partial charge is 0.318 e. The van der Waals surface area contributed by atoms with E-state index in [9.17, 15) is 0 Å². The number of aryl methyl sites for hydroxylation is 1. The van der Waals surface area contributed by atoms with Gasteiger partial charge in [0.25, 0.3) is 0 Å². The fourth-order valence-electron chi connectivity index (χ4n) is 1.80. The second-order valence-electron chi connectivity index (χ2n) is 3.97. The van der Waals surface area contributed by atoms with Gasteiger partial charge >= 0.3 is 0 Å². The van der Waals surface area contributed by atoms with Gasteiger partial charge in [0.15, 0.2) is 0 Å². The lowest BCUT2D eigenvalue weighted by atomic mass is 10.1. The van der Waals surface area contributed by atoms with Gasteiger partial charge in [0.1, 0.15) is 0 Å². The first-order valence-electron chi connectivity index (χ1n) is 5.66. The number of nitrogens with zero attached hydrogens (tertiary/aromatic N) is 2. The molecule has 17 heavy (non-hydrogen) atoms. The zero-order valence-electron chi connectivity index (χ0n) is 10.1. The van der Waals surface area contributed by atoms with E-state index in [4.69, 9.17) is 11.6 Å². The fraction of sp³-hybridized carbons (Fsp3) is 0.308. The van der Waals surface area contributed by atoms with Gasteiger partial charge in [-0.1, -0.05) is 29.8 Å². The Morgan fingerprint density at radius 3 is 2.76 bits per heavy atom. The van der Waals surface area contributed by atoms with Crippen molar-refractivity contribution in [3.05, 3.63) is 41.2 Å². The van der Waals surface area contributed by atoms with E-state index in [0.29, 0.717) is 0 Å². The number of hydrogen-bond donors (Lipinski definition) is 1. The van der Waals surface area contributed by atoms with Crippen LogP contribution in [0.5, 0.6) is 0 Å². The van der Waals surface area contributed by atoms with Crippen molar-refractivity contribution in [1.29, 1.82) is 0 Å². The minimum atomic E-state index is 0.767. The van der Waals surface area contributed by atoms with Crippen molar-refractivity contribution >= 4 is 11.6 Å². The Balaban J connectivity index is 2.33. The minimum Gasteiger partial charge on any atom is -0.318 e. The molecule has 0 radical (unpaired) electrons. The summed E-state index contributed by atoms with van der Waals surface area (Å²) >= 11 is 6.19. The van der Waals surface area contributed by atoms with Crippen LogP contribution in [-0.2, 0) is 6.54 Å². The van der Waals surface area contributed by atoms with Crippen LogP contribution in [0.3, 0.4) is 0 Å². The van der Waals surface area contributed by atoms with E-state index in [1.54, 1.807) is 0 Å². The number of nitrogens with one attached hydrogen (secondary N) is 1. The van der Waals surface area contributed by atoms with E-state index in [1.807, 2.05) is 49.1 Å². The van der Waals surface area contributed by atoms with E-state index in [2.05, 4.69) is 10.4 Å². The second-order valence-corrected chi connectivity index (χ2v) is 4.38. The average molecular weight is 250 g/mol. The van der Waals surface area contributed by atoms with Crippen LogP contribution in [0, 0.1) is 6.92 Å². The molecule has 2 rings (SSSR count). The predicted octanol–water partition coefficient (Wildman–Crippen LogP) is 2.73. The number of benzene rings is 1. The lowest BCUT2D eigenvalue weighted by molar-refractivity contribution is 0.581. The Morgan fingerprint density at radius 1 is 1.29 bits per heavy atom. The van der Waals surface area contributed by atoms with Gasteiger partial charge in [-0.05, 0) is 20.0 Å². The molecule has 1 aromatic heterocycles. The summed E-state index contributed by atoms with van der Waals surface area (Å²) in [4.78, 5) is 0. The monoisotopic (exact) mass is 249 g/mol. The molecule has 0 spiro atoms. The van der Waals surface area contributed by atoms with Gasteiger partial charge in [-0.15, -0.1) is 0 Å². The standard InChI is InChI=1S/C13H16ClN3/c1-10-12(9-17(16-10)8-7-15-2)11-5-3-4-6-13(11)14/h3-6,9,15H,7-8H2,1-2H3. The maximum absolute atomic E-state index is 6.19. The smallest absolute Gasteiger partial charge is 0.0672 e. The molecule has 1 N–H and O–H groups in total. The number of halogens is 1. The molecular formula is C13H16ClN3. The van der Waals surface area contributed by atoms with Gasteiger partial charge in [-0.25, -0.2) is 0 Å². The van der Waals surface area contributed by atoms with Gasteiger partial charge in [0.05, 0.1) is 12.2 Å². The zero-order chi connectivity index (χ0) is 12.3. The highest BCUT2D eigenvalue weighted by atomic mass is 35.5. The maximum atomic E-state index is 6.19. The van der Waals surface area contributed by atoms with Crippen LogP contribution >= 0.6 is 11.6 Å². The van der Waals surface area contributed by atoms with E-state index >= 15 is 0 Å². The van der Waals surface area contributed by atoms with Crippen LogP contribution in [0.4, 0.5) is 0 Å². The van der Waals surface area contributed by atoms with Crippen molar-refractivity contribution in [2.45, 2.75) is 13.5 Å². The molecule has 0 aliphatic rings. The summed E-state index contributed by atoms with van der Waals surface area (Å²) < 4.78 is 1.95. The molecule has 90 valence electrons. The molecule has 0 atom stereocenters. The molecule has 0 unspecified atom stereocenters. The van der Waals surface area contributed by atoms with E-state index in [-0.39, 0.29) is 0 Å². The molecule has 0 amide bonds. The summed E-state index contributed by atoms with van der Waals surface area (Å²) in [6.07, 6.45) is 2.05. The highest BCUT2D eigenvalue weighted by Crippen LogP contribution is 2.29. The topological polar surface area (TPSA) is 29.9 Å². The molecule has 4 heteroatoms. The van der Waals surface area contributed by atoms with Crippen molar-refractivity contribution in [2.75, 3.05) is 13.6 Å². The predicted molar refractivity (Wildman–Crippen MR) is 71.3 cm³/mol. The third-order valence-electron chi connectivity index (χ3n) is 2.70. The van der Waals surface area contributed by atoms with Gasteiger partial charge in [0, 0.05) is 28.9 Å². The Morgan fingerprint density at radius 2 is 2.06 bits per heavy atom. The Kier molecular flexibility index (Phi) is 3.82. The normalized spacial score (nSPS) is 10.8. The lowest BCUT2D eigenvalue weighted by Crippen LogP contribution is -2.15. The molecule has 2 aromatic rings. The van der Waals surface area contributed by atoms with Crippen LogP contribution < -0.4 is 5.32 Å². The first-order valence-corrected chi connectivity index (χ1v) is 6.03. The van der Waals surface area contributed by atoms with E-state index in [0.717, 1.165) is 34.9 Å². The summed E-state index contributed by atoms with van der Waals surface area (Å²) in [6, 6.07) is 7.86. The van der Waals surface area contributed by atoms with Crippen molar-refractivity contribution < 1.29 is 0 Å². The van der Waals surface area contributed by atoms with Crippen molar-refractivity contribution in [2.24, 2.45) is 0 Å². The third kappa shape index (κ3) is 2.68. The number of aromatic nitrogens is 2. The third-order valence-corrected chi connectivity index (χ3v) is 3.03. The number of rotatable bonds is 4. The molecule has 0 aliphatic carbocycles. The van der Waals surface area contributed by atoms with Crippen LogP contribution in [0.2, 0.25) is 5.02 Å². The van der Waals surface area contributed by atoms with E-state index in [1.165, 1.54) is 0 Å². The van der Waals surface area contributed by atoms with E-state index < -0.39 is 0 Å². The molecule has 0 bridgehead atoms. The summed E-state index contributed by atoms with van der Waals surface area (Å²) in [5, 5.41) is 8.36. The molecule has 0 fully saturated rings. The van der Waals surface area contributed by atoms with Crippen LogP contribution in [0.1, 0.15) is 5.69 Å². The minimum absolute atomic E-state index is 0.767. The lowest BCUT2D eigenvalue weighted by Gasteiger charge is -2.01. The molecule has 1 aromatic carbocycles. The first kappa shape index (κ1) is 12.1.